The van der Waals surface area contributed by atoms with Gasteiger partial charge in [0.2, 0.25) is 10.1 Å². The third-order valence-electron chi connectivity index (χ3n) is 3.29. The number of hydrogen-bond donors (Lipinski definition) is 2. The predicted molar refractivity (Wildman–Crippen MR) is 74.5 cm³/mol. The monoisotopic (exact) mass is 284 g/mol. The van der Waals surface area contributed by atoms with Crippen molar-refractivity contribution in [2.24, 2.45) is 0 Å². The summed E-state index contributed by atoms with van der Waals surface area (Å²) < 4.78 is 0. The van der Waals surface area contributed by atoms with Gasteiger partial charge in [-0.25, -0.2) is 0 Å². The molecule has 2 N–H and O–H groups in total. The normalized spacial score (nSPS) is 24.1. The highest BCUT2D eigenvalue weighted by atomic mass is 32.1. The van der Waals surface area contributed by atoms with Gasteiger partial charge in [-0.1, -0.05) is 11.3 Å². The molecule has 1 unspecified atom stereocenters. The summed E-state index contributed by atoms with van der Waals surface area (Å²) in [5, 5.41) is 22.0. The minimum Gasteiger partial charge on any atom is -0.390 e. The highest BCUT2D eigenvalue weighted by molar-refractivity contribution is 7.17. The van der Waals surface area contributed by atoms with Crippen molar-refractivity contribution in [2.45, 2.75) is 38.7 Å². The van der Waals surface area contributed by atoms with Crippen molar-refractivity contribution in [3.63, 3.8) is 0 Å². The van der Waals surface area contributed by atoms with Gasteiger partial charge in [-0.3, -0.25) is 4.79 Å². The Labute approximate surface area is 116 Å². The van der Waals surface area contributed by atoms with Crippen LogP contribution in [0.4, 0.5) is 5.13 Å². The van der Waals surface area contributed by atoms with Crippen LogP contribution in [0.1, 0.15) is 42.9 Å². The molecule has 0 radical (unpaired) electrons. The van der Waals surface area contributed by atoms with E-state index in [1.807, 2.05) is 13.8 Å². The third-order valence-corrected chi connectivity index (χ3v) is 4.16. The van der Waals surface area contributed by atoms with E-state index in [-0.39, 0.29) is 5.91 Å². The number of nitrogens with zero attached hydrogens (tertiary/aromatic N) is 3. The van der Waals surface area contributed by atoms with E-state index in [2.05, 4.69) is 15.5 Å². The number of anilines is 1. The lowest BCUT2D eigenvalue weighted by molar-refractivity contribution is 0.0438. The van der Waals surface area contributed by atoms with Gasteiger partial charge in [-0.2, -0.15) is 0 Å². The van der Waals surface area contributed by atoms with E-state index in [4.69, 9.17) is 0 Å². The van der Waals surface area contributed by atoms with Crippen LogP contribution in [0.5, 0.6) is 0 Å². The van der Waals surface area contributed by atoms with Crippen molar-refractivity contribution in [3.05, 3.63) is 5.01 Å². The number of amides is 1. The summed E-state index contributed by atoms with van der Waals surface area (Å²) in [6.45, 7) is 5.80. The molecular formula is C12H20N4O2S. The summed E-state index contributed by atoms with van der Waals surface area (Å²) in [6.07, 6.45) is 2.16. The second kappa shape index (κ2) is 5.83. The van der Waals surface area contributed by atoms with E-state index < -0.39 is 5.60 Å². The Morgan fingerprint density at radius 1 is 1.47 bits per heavy atom. The van der Waals surface area contributed by atoms with E-state index in [9.17, 15) is 9.90 Å². The van der Waals surface area contributed by atoms with Crippen molar-refractivity contribution in [2.75, 3.05) is 25.0 Å². The second-order valence-electron chi connectivity index (χ2n) is 5.09. The van der Waals surface area contributed by atoms with Gasteiger partial charge in [-0.05, 0) is 33.1 Å². The average molecular weight is 284 g/mol. The summed E-state index contributed by atoms with van der Waals surface area (Å²) in [4.78, 5) is 14.1. The van der Waals surface area contributed by atoms with Crippen LogP contribution in [0.15, 0.2) is 0 Å². The summed E-state index contributed by atoms with van der Waals surface area (Å²) in [5.74, 6) is -0.0839. The maximum absolute atomic E-state index is 12.3. The zero-order valence-corrected chi connectivity index (χ0v) is 12.2. The van der Waals surface area contributed by atoms with Crippen LogP contribution in [-0.2, 0) is 0 Å². The Balaban J connectivity index is 2.02. The first-order chi connectivity index (χ1) is 9.02. The highest BCUT2D eigenvalue weighted by Gasteiger charge is 2.28. The molecule has 1 fully saturated rings. The number of aliphatic hydroxyl groups is 1. The first-order valence-electron chi connectivity index (χ1n) is 6.61. The molecule has 2 rings (SSSR count). The summed E-state index contributed by atoms with van der Waals surface area (Å²) in [5.41, 5.74) is -0.662. The Bertz CT molecular complexity index is 447. The lowest BCUT2D eigenvalue weighted by atomic mass is 9.98. The SMILES string of the molecule is CCNc1nnc(C(=O)N2CCCC(C)(O)CC2)s1. The number of aromatic nitrogens is 2. The zero-order chi connectivity index (χ0) is 13.9. The van der Waals surface area contributed by atoms with Gasteiger partial charge >= 0.3 is 0 Å². The van der Waals surface area contributed by atoms with E-state index in [1.54, 1.807) is 4.90 Å². The van der Waals surface area contributed by atoms with Gasteiger partial charge in [-0.15, -0.1) is 10.2 Å². The maximum atomic E-state index is 12.3. The molecule has 0 bridgehead atoms. The third kappa shape index (κ3) is 3.63. The van der Waals surface area contributed by atoms with Gasteiger partial charge in [0.1, 0.15) is 0 Å². The number of hydrogen-bond acceptors (Lipinski definition) is 6. The van der Waals surface area contributed by atoms with Crippen molar-refractivity contribution in [1.82, 2.24) is 15.1 Å². The molecule has 0 aliphatic carbocycles. The molecule has 1 saturated heterocycles. The standard InChI is InChI=1S/C12H20N4O2S/c1-3-13-11-15-14-9(19-11)10(17)16-7-4-5-12(2,18)6-8-16/h18H,3-8H2,1-2H3,(H,13,15). The number of nitrogens with one attached hydrogen (secondary N) is 1. The fourth-order valence-corrected chi connectivity index (χ4v) is 2.91. The molecule has 19 heavy (non-hydrogen) atoms. The minimum absolute atomic E-state index is 0.0839. The summed E-state index contributed by atoms with van der Waals surface area (Å²) in [7, 11) is 0. The molecule has 1 amide bonds. The van der Waals surface area contributed by atoms with E-state index in [1.165, 1.54) is 11.3 Å². The Hall–Kier alpha value is -1.21. The van der Waals surface area contributed by atoms with E-state index in [0.29, 0.717) is 29.6 Å². The molecule has 0 saturated carbocycles. The summed E-state index contributed by atoms with van der Waals surface area (Å²) in [6, 6.07) is 0. The van der Waals surface area contributed by atoms with Crippen LogP contribution in [-0.4, -0.2) is 51.3 Å². The second-order valence-corrected chi connectivity index (χ2v) is 6.06. The summed E-state index contributed by atoms with van der Waals surface area (Å²) >= 11 is 1.28. The van der Waals surface area contributed by atoms with E-state index in [0.717, 1.165) is 19.4 Å². The molecule has 1 aromatic heterocycles. The van der Waals surface area contributed by atoms with Crippen LogP contribution < -0.4 is 5.32 Å². The topological polar surface area (TPSA) is 78.4 Å². The number of likely N-dealkylation sites (tertiary alicyclic amines) is 1. The molecule has 7 heteroatoms. The van der Waals surface area contributed by atoms with E-state index >= 15 is 0 Å². The smallest absolute Gasteiger partial charge is 0.284 e. The maximum Gasteiger partial charge on any atom is 0.284 e. The zero-order valence-electron chi connectivity index (χ0n) is 11.3. The van der Waals surface area contributed by atoms with Crippen LogP contribution >= 0.6 is 11.3 Å². The molecule has 106 valence electrons. The molecule has 6 nitrogen and oxygen atoms in total. The molecule has 0 aromatic carbocycles. The number of carbonyl (C=O) groups excluding carboxylic acids is 1. The fourth-order valence-electron chi connectivity index (χ4n) is 2.13. The van der Waals surface area contributed by atoms with Gasteiger partial charge in [0.25, 0.3) is 5.91 Å². The fraction of sp³-hybridized carbons (Fsp3) is 0.750. The Morgan fingerprint density at radius 2 is 2.26 bits per heavy atom. The number of rotatable bonds is 3. The molecule has 1 atom stereocenters. The van der Waals surface area contributed by atoms with Crippen LogP contribution in [0.3, 0.4) is 0 Å². The van der Waals surface area contributed by atoms with Crippen molar-refractivity contribution < 1.29 is 9.90 Å². The Kier molecular flexibility index (Phi) is 4.36. The molecule has 0 spiro atoms. The first kappa shape index (κ1) is 14.2. The van der Waals surface area contributed by atoms with Crippen LogP contribution in [0, 0.1) is 0 Å². The van der Waals surface area contributed by atoms with Gasteiger partial charge in [0.05, 0.1) is 5.60 Å². The minimum atomic E-state index is -0.662. The molecule has 1 aromatic rings. The van der Waals surface area contributed by atoms with Gasteiger partial charge < -0.3 is 15.3 Å². The quantitative estimate of drug-likeness (QED) is 0.876. The van der Waals surface area contributed by atoms with Gasteiger partial charge in [0.15, 0.2) is 0 Å². The van der Waals surface area contributed by atoms with Crippen LogP contribution in [0.25, 0.3) is 0 Å². The molecule has 2 heterocycles. The number of carbonyl (C=O) groups is 1. The average Bonchev–Trinajstić information content (AvgIpc) is 2.74. The highest BCUT2D eigenvalue weighted by Crippen LogP contribution is 2.23. The lowest BCUT2D eigenvalue weighted by Crippen LogP contribution is -2.33. The molecular weight excluding hydrogens is 264 g/mol. The largest absolute Gasteiger partial charge is 0.390 e. The predicted octanol–water partition coefficient (Wildman–Crippen LogP) is 1.35. The Morgan fingerprint density at radius 3 is 3.00 bits per heavy atom. The molecule has 1 aliphatic rings. The molecule has 1 aliphatic heterocycles. The lowest BCUT2D eigenvalue weighted by Gasteiger charge is -2.21. The van der Waals surface area contributed by atoms with Crippen molar-refractivity contribution in [3.8, 4) is 0 Å². The first-order valence-corrected chi connectivity index (χ1v) is 7.42. The van der Waals surface area contributed by atoms with Crippen LogP contribution in [0.2, 0.25) is 0 Å². The van der Waals surface area contributed by atoms with Gasteiger partial charge in [0, 0.05) is 19.6 Å². The van der Waals surface area contributed by atoms with Crippen molar-refractivity contribution in [1.29, 1.82) is 0 Å². The van der Waals surface area contributed by atoms with Crippen molar-refractivity contribution >= 4 is 22.4 Å².